The monoisotopic (exact) mass is 408 g/mol. The molecule has 2 aromatic carbocycles. The molecular weight excluding hydrogens is 392 g/mol. The molecule has 0 saturated heterocycles. The molecule has 0 radical (unpaired) electrons. The summed E-state index contributed by atoms with van der Waals surface area (Å²) < 4.78 is 11.1. The molecule has 4 aromatic rings. The summed E-state index contributed by atoms with van der Waals surface area (Å²) in [7, 11) is 0. The molecule has 2 heterocycles. The lowest BCUT2D eigenvalue weighted by Gasteiger charge is -2.20. The Labute approximate surface area is 171 Å². The van der Waals surface area contributed by atoms with Crippen molar-refractivity contribution >= 4 is 28.5 Å². The number of para-hydroxylation sites is 1. The van der Waals surface area contributed by atoms with Crippen molar-refractivity contribution in [2.75, 3.05) is 0 Å². The Bertz CT molecular complexity index is 1180. The van der Waals surface area contributed by atoms with Crippen LogP contribution in [0.4, 0.5) is 0 Å². The number of aromatic nitrogens is 3. The summed E-state index contributed by atoms with van der Waals surface area (Å²) in [6, 6.07) is 15.0. The number of carbonyl (C=O) groups is 1. The van der Waals surface area contributed by atoms with Gasteiger partial charge in [-0.2, -0.15) is 0 Å². The van der Waals surface area contributed by atoms with Crippen molar-refractivity contribution < 1.29 is 13.7 Å². The number of rotatable bonds is 6. The van der Waals surface area contributed by atoms with E-state index in [0.717, 1.165) is 18.2 Å². The predicted octanol–water partition coefficient (Wildman–Crippen LogP) is 4.26. The van der Waals surface area contributed by atoms with Crippen molar-refractivity contribution in [3.63, 3.8) is 0 Å². The SMILES string of the molecule is O=C(Cc1noc2ccccc12)N(Cc1nnc(-c2ccccc2Cl)o1)C1CC1. The minimum Gasteiger partial charge on any atom is -0.419 e. The summed E-state index contributed by atoms with van der Waals surface area (Å²) in [5, 5.41) is 13.7. The number of nitrogens with zero attached hydrogens (tertiary/aromatic N) is 4. The van der Waals surface area contributed by atoms with Gasteiger partial charge in [0, 0.05) is 11.4 Å². The smallest absolute Gasteiger partial charge is 0.249 e. The van der Waals surface area contributed by atoms with Gasteiger partial charge in [-0.1, -0.05) is 41.0 Å². The molecule has 1 fully saturated rings. The fraction of sp³-hybridized carbons (Fsp3) is 0.238. The van der Waals surface area contributed by atoms with Crippen LogP contribution in [0.25, 0.3) is 22.4 Å². The highest BCUT2D eigenvalue weighted by Gasteiger charge is 2.34. The van der Waals surface area contributed by atoms with Crippen LogP contribution in [0.1, 0.15) is 24.4 Å². The lowest BCUT2D eigenvalue weighted by Crippen LogP contribution is -2.34. The van der Waals surface area contributed by atoms with Crippen molar-refractivity contribution in [3.8, 4) is 11.5 Å². The van der Waals surface area contributed by atoms with E-state index in [1.807, 2.05) is 42.5 Å². The van der Waals surface area contributed by atoms with E-state index < -0.39 is 0 Å². The summed E-state index contributed by atoms with van der Waals surface area (Å²) in [5.41, 5.74) is 1.99. The molecule has 8 heteroatoms. The van der Waals surface area contributed by atoms with Gasteiger partial charge in [0.1, 0.15) is 5.69 Å². The molecule has 7 nitrogen and oxygen atoms in total. The highest BCUT2D eigenvalue weighted by atomic mass is 35.5. The van der Waals surface area contributed by atoms with Crippen LogP contribution in [0.3, 0.4) is 0 Å². The molecule has 29 heavy (non-hydrogen) atoms. The van der Waals surface area contributed by atoms with Crippen molar-refractivity contribution in [2.24, 2.45) is 0 Å². The van der Waals surface area contributed by atoms with E-state index in [2.05, 4.69) is 15.4 Å². The lowest BCUT2D eigenvalue weighted by molar-refractivity contribution is -0.132. The zero-order valence-corrected chi connectivity index (χ0v) is 16.2. The molecule has 1 aliphatic rings. The van der Waals surface area contributed by atoms with Gasteiger partial charge in [0.15, 0.2) is 5.58 Å². The third kappa shape index (κ3) is 3.61. The zero-order valence-electron chi connectivity index (χ0n) is 15.4. The average molecular weight is 409 g/mol. The summed E-state index contributed by atoms with van der Waals surface area (Å²) in [4.78, 5) is 14.8. The number of carbonyl (C=O) groups excluding carboxylic acids is 1. The molecule has 0 atom stereocenters. The van der Waals surface area contributed by atoms with Crippen molar-refractivity contribution in [1.29, 1.82) is 0 Å². The minimum atomic E-state index is -0.0379. The summed E-state index contributed by atoms with van der Waals surface area (Å²) in [6.07, 6.45) is 2.10. The van der Waals surface area contributed by atoms with Crippen LogP contribution in [0, 0.1) is 0 Å². The average Bonchev–Trinajstić information content (AvgIpc) is 3.33. The topological polar surface area (TPSA) is 85.3 Å². The van der Waals surface area contributed by atoms with Crippen LogP contribution in [0.15, 0.2) is 57.5 Å². The van der Waals surface area contributed by atoms with Gasteiger partial charge in [0.2, 0.25) is 17.7 Å². The fourth-order valence-corrected chi connectivity index (χ4v) is 3.54. The molecule has 0 spiro atoms. The normalized spacial score (nSPS) is 13.7. The van der Waals surface area contributed by atoms with Gasteiger partial charge >= 0.3 is 0 Å². The second kappa shape index (κ2) is 7.33. The first kappa shape index (κ1) is 17.9. The summed E-state index contributed by atoms with van der Waals surface area (Å²) in [5.74, 6) is 0.686. The molecule has 0 bridgehead atoms. The van der Waals surface area contributed by atoms with E-state index in [4.69, 9.17) is 20.5 Å². The molecule has 5 rings (SSSR count). The number of fused-ring (bicyclic) bond motifs is 1. The molecule has 0 unspecified atom stereocenters. The maximum atomic E-state index is 13.0. The number of benzene rings is 2. The number of hydrogen-bond acceptors (Lipinski definition) is 6. The van der Waals surface area contributed by atoms with Gasteiger partial charge in [0.05, 0.1) is 23.6 Å². The van der Waals surface area contributed by atoms with E-state index in [1.54, 1.807) is 11.0 Å². The van der Waals surface area contributed by atoms with Crippen LogP contribution >= 0.6 is 11.6 Å². The van der Waals surface area contributed by atoms with Gasteiger partial charge < -0.3 is 13.8 Å². The van der Waals surface area contributed by atoms with E-state index in [-0.39, 0.29) is 24.9 Å². The molecule has 0 N–H and O–H groups in total. The Balaban J connectivity index is 1.35. The Morgan fingerprint density at radius 3 is 2.72 bits per heavy atom. The number of amides is 1. The Kier molecular flexibility index (Phi) is 4.52. The van der Waals surface area contributed by atoms with E-state index in [0.29, 0.717) is 33.6 Å². The van der Waals surface area contributed by atoms with Crippen LogP contribution in [0.5, 0.6) is 0 Å². The van der Waals surface area contributed by atoms with Crippen molar-refractivity contribution in [3.05, 3.63) is 65.1 Å². The first-order valence-corrected chi connectivity index (χ1v) is 9.77. The predicted molar refractivity (Wildman–Crippen MR) is 106 cm³/mol. The third-order valence-electron chi connectivity index (χ3n) is 4.96. The molecule has 1 amide bonds. The van der Waals surface area contributed by atoms with Crippen LogP contribution in [-0.2, 0) is 17.8 Å². The van der Waals surface area contributed by atoms with Gasteiger partial charge in [-0.05, 0) is 37.1 Å². The summed E-state index contributed by atoms with van der Waals surface area (Å²) >= 11 is 6.20. The minimum absolute atomic E-state index is 0.0379. The van der Waals surface area contributed by atoms with Gasteiger partial charge in [-0.15, -0.1) is 10.2 Å². The quantitative estimate of drug-likeness (QED) is 0.473. The standard InChI is InChI=1S/C21H17ClN4O3/c22-16-7-3-1-5-14(16)21-24-23-19(28-21)12-26(13-9-10-13)20(27)11-17-15-6-2-4-8-18(15)29-25-17/h1-8,13H,9-12H2. The summed E-state index contributed by atoms with van der Waals surface area (Å²) in [6.45, 7) is 0.261. The molecule has 1 aliphatic carbocycles. The lowest BCUT2D eigenvalue weighted by atomic mass is 10.1. The largest absolute Gasteiger partial charge is 0.419 e. The molecule has 146 valence electrons. The maximum absolute atomic E-state index is 13.0. The number of hydrogen-bond donors (Lipinski definition) is 0. The molecule has 1 saturated carbocycles. The van der Waals surface area contributed by atoms with Crippen LogP contribution in [-0.4, -0.2) is 32.2 Å². The zero-order chi connectivity index (χ0) is 19.8. The maximum Gasteiger partial charge on any atom is 0.249 e. The molecule has 0 aliphatic heterocycles. The number of halogens is 1. The first-order valence-electron chi connectivity index (χ1n) is 9.39. The highest BCUT2D eigenvalue weighted by molar-refractivity contribution is 6.33. The van der Waals surface area contributed by atoms with E-state index in [9.17, 15) is 4.79 Å². The first-order chi connectivity index (χ1) is 14.2. The van der Waals surface area contributed by atoms with Gasteiger partial charge in [-0.3, -0.25) is 4.79 Å². The second-order valence-corrected chi connectivity index (χ2v) is 7.44. The van der Waals surface area contributed by atoms with Crippen molar-refractivity contribution in [1.82, 2.24) is 20.3 Å². The van der Waals surface area contributed by atoms with E-state index >= 15 is 0 Å². The molecule has 2 aromatic heterocycles. The van der Waals surface area contributed by atoms with E-state index in [1.165, 1.54) is 0 Å². The van der Waals surface area contributed by atoms with Gasteiger partial charge in [0.25, 0.3) is 0 Å². The Hall–Kier alpha value is -3.19. The van der Waals surface area contributed by atoms with Gasteiger partial charge in [-0.25, -0.2) is 0 Å². The Morgan fingerprint density at radius 1 is 1.10 bits per heavy atom. The third-order valence-corrected chi connectivity index (χ3v) is 5.29. The molecular formula is C21H17ClN4O3. The second-order valence-electron chi connectivity index (χ2n) is 7.04. The fourth-order valence-electron chi connectivity index (χ4n) is 3.32. The highest BCUT2D eigenvalue weighted by Crippen LogP contribution is 2.31. The van der Waals surface area contributed by atoms with Crippen molar-refractivity contribution in [2.45, 2.75) is 31.8 Å². The Morgan fingerprint density at radius 2 is 1.90 bits per heavy atom. The van der Waals surface area contributed by atoms with Crippen LogP contribution < -0.4 is 0 Å². The van der Waals surface area contributed by atoms with Crippen LogP contribution in [0.2, 0.25) is 5.02 Å².